The molecule has 7 nitrogen and oxygen atoms in total. The molecule has 1 fully saturated rings. The second-order valence-corrected chi connectivity index (χ2v) is 9.47. The van der Waals surface area contributed by atoms with Crippen molar-refractivity contribution in [2.75, 3.05) is 24.2 Å². The van der Waals surface area contributed by atoms with E-state index in [4.69, 9.17) is 0 Å². The largest absolute Gasteiger partial charge is 0.338 e. The number of para-hydroxylation sites is 3. The van der Waals surface area contributed by atoms with Crippen LogP contribution < -0.4 is 5.32 Å². The van der Waals surface area contributed by atoms with Crippen LogP contribution in [-0.4, -0.2) is 47.4 Å². The molecule has 1 aliphatic rings. The zero-order valence-corrected chi connectivity index (χ0v) is 17.1. The van der Waals surface area contributed by atoms with E-state index in [1.807, 2.05) is 48.5 Å². The van der Waals surface area contributed by atoms with Gasteiger partial charge in [0.2, 0.25) is 15.9 Å². The van der Waals surface area contributed by atoms with Crippen molar-refractivity contribution in [2.45, 2.75) is 19.8 Å². The number of nitrogens with zero attached hydrogens (tertiary/aromatic N) is 2. The summed E-state index contributed by atoms with van der Waals surface area (Å²) in [6.45, 7) is 2.42. The molecule has 1 saturated heterocycles. The summed E-state index contributed by atoms with van der Waals surface area (Å²) in [6, 6.07) is 15.3. The molecule has 3 aromatic rings. The molecule has 0 spiro atoms. The third-order valence-electron chi connectivity index (χ3n) is 5.41. The Bertz CT molecular complexity index is 1100. The molecule has 2 aromatic carbocycles. The maximum absolute atomic E-state index is 12.8. The van der Waals surface area contributed by atoms with Gasteiger partial charge in [-0.1, -0.05) is 24.3 Å². The van der Waals surface area contributed by atoms with Crippen LogP contribution in [0.2, 0.25) is 0 Å². The highest BCUT2D eigenvalue weighted by atomic mass is 32.2. The maximum atomic E-state index is 12.8. The first-order chi connectivity index (χ1) is 14.0. The number of amides is 1. The lowest BCUT2D eigenvalue weighted by Crippen LogP contribution is -2.42. The molecule has 1 aliphatic heterocycles. The Balaban J connectivity index is 1.50. The first-order valence-corrected chi connectivity index (χ1v) is 11.4. The van der Waals surface area contributed by atoms with E-state index in [1.54, 1.807) is 6.92 Å². The first kappa shape index (κ1) is 19.6. The van der Waals surface area contributed by atoms with Crippen molar-refractivity contribution in [3.05, 3.63) is 48.5 Å². The second-order valence-electron chi connectivity index (χ2n) is 7.21. The zero-order chi connectivity index (χ0) is 20.4. The summed E-state index contributed by atoms with van der Waals surface area (Å²) in [5.74, 6) is 0.504. The van der Waals surface area contributed by atoms with Gasteiger partial charge in [-0.3, -0.25) is 4.79 Å². The summed E-state index contributed by atoms with van der Waals surface area (Å²) in [5, 5.41) is 3.02. The number of hydrogen-bond acceptors (Lipinski definition) is 4. The van der Waals surface area contributed by atoms with Gasteiger partial charge >= 0.3 is 0 Å². The molecule has 0 unspecified atom stereocenters. The molecule has 0 bridgehead atoms. The predicted octanol–water partition coefficient (Wildman–Crippen LogP) is 3.23. The van der Waals surface area contributed by atoms with Gasteiger partial charge in [0, 0.05) is 24.6 Å². The molecule has 4 rings (SSSR count). The summed E-state index contributed by atoms with van der Waals surface area (Å²) in [4.78, 5) is 20.8. The van der Waals surface area contributed by atoms with Crippen LogP contribution in [0.3, 0.4) is 0 Å². The van der Waals surface area contributed by atoms with Gasteiger partial charge in [-0.2, -0.15) is 0 Å². The molecular weight excluding hydrogens is 388 g/mol. The van der Waals surface area contributed by atoms with E-state index in [0.717, 1.165) is 16.6 Å². The maximum Gasteiger partial charge on any atom is 0.227 e. The fraction of sp³-hybridized carbons (Fsp3) is 0.333. The number of carbonyl (C=O) groups is 1. The lowest BCUT2D eigenvalue weighted by atomic mass is 9.97. The molecule has 2 N–H and O–H groups in total. The highest BCUT2D eigenvalue weighted by Gasteiger charge is 2.30. The van der Waals surface area contributed by atoms with Crippen LogP contribution in [0, 0.1) is 5.92 Å². The molecule has 2 heterocycles. The average Bonchev–Trinajstić information content (AvgIpc) is 3.18. The minimum atomic E-state index is -3.20. The van der Waals surface area contributed by atoms with E-state index in [2.05, 4.69) is 15.3 Å². The number of benzene rings is 2. The highest BCUT2D eigenvalue weighted by molar-refractivity contribution is 7.89. The van der Waals surface area contributed by atoms with Crippen LogP contribution in [0.4, 0.5) is 5.69 Å². The fourth-order valence-electron chi connectivity index (χ4n) is 3.69. The monoisotopic (exact) mass is 412 g/mol. The second kappa shape index (κ2) is 7.96. The Morgan fingerprint density at radius 2 is 1.83 bits per heavy atom. The van der Waals surface area contributed by atoms with Crippen molar-refractivity contribution in [3.63, 3.8) is 0 Å². The average molecular weight is 413 g/mol. The van der Waals surface area contributed by atoms with Gasteiger partial charge < -0.3 is 10.3 Å². The van der Waals surface area contributed by atoms with E-state index in [9.17, 15) is 13.2 Å². The fourth-order valence-corrected chi connectivity index (χ4v) is 4.82. The van der Waals surface area contributed by atoms with Crippen LogP contribution in [0.5, 0.6) is 0 Å². The van der Waals surface area contributed by atoms with Crippen molar-refractivity contribution in [2.24, 2.45) is 5.92 Å². The molecule has 0 atom stereocenters. The Morgan fingerprint density at radius 1 is 1.14 bits per heavy atom. The number of anilines is 1. The smallest absolute Gasteiger partial charge is 0.227 e. The Morgan fingerprint density at radius 3 is 2.55 bits per heavy atom. The number of rotatable bonds is 5. The van der Waals surface area contributed by atoms with E-state index in [0.29, 0.717) is 37.4 Å². The van der Waals surface area contributed by atoms with Crippen LogP contribution in [0.25, 0.3) is 22.4 Å². The number of aromatic nitrogens is 2. The molecular formula is C21H24N4O3S. The summed E-state index contributed by atoms with van der Waals surface area (Å²) < 4.78 is 25.5. The van der Waals surface area contributed by atoms with Crippen molar-refractivity contribution >= 4 is 32.7 Å². The summed E-state index contributed by atoms with van der Waals surface area (Å²) in [7, 11) is -3.20. The van der Waals surface area contributed by atoms with E-state index in [-0.39, 0.29) is 17.6 Å². The minimum absolute atomic E-state index is 0.0814. The minimum Gasteiger partial charge on any atom is -0.338 e. The third kappa shape index (κ3) is 4.04. The Kier molecular flexibility index (Phi) is 5.38. The Labute approximate surface area is 170 Å². The van der Waals surface area contributed by atoms with Crippen LogP contribution >= 0.6 is 0 Å². The Hall–Kier alpha value is -2.71. The number of sulfonamides is 1. The van der Waals surface area contributed by atoms with E-state index < -0.39 is 10.0 Å². The molecule has 152 valence electrons. The number of hydrogen-bond donors (Lipinski definition) is 2. The van der Waals surface area contributed by atoms with Gasteiger partial charge in [0.25, 0.3) is 0 Å². The summed E-state index contributed by atoms with van der Waals surface area (Å²) in [6.07, 6.45) is 1.05. The number of nitrogens with one attached hydrogen (secondary N) is 2. The molecule has 8 heteroatoms. The number of fused-ring (bicyclic) bond motifs is 1. The lowest BCUT2D eigenvalue weighted by molar-refractivity contribution is -0.120. The van der Waals surface area contributed by atoms with Gasteiger partial charge in [0.15, 0.2) is 0 Å². The number of piperidine rings is 1. The summed E-state index contributed by atoms with van der Waals surface area (Å²) in [5.41, 5.74) is 3.32. The molecule has 0 radical (unpaired) electrons. The molecule has 0 saturated carbocycles. The van der Waals surface area contributed by atoms with E-state index >= 15 is 0 Å². The topological polar surface area (TPSA) is 95.2 Å². The van der Waals surface area contributed by atoms with Crippen LogP contribution in [-0.2, 0) is 14.8 Å². The summed E-state index contributed by atoms with van der Waals surface area (Å²) >= 11 is 0. The van der Waals surface area contributed by atoms with Crippen molar-refractivity contribution in [1.82, 2.24) is 14.3 Å². The van der Waals surface area contributed by atoms with Gasteiger partial charge in [-0.05, 0) is 44.0 Å². The van der Waals surface area contributed by atoms with Gasteiger partial charge in [0.1, 0.15) is 5.82 Å². The molecule has 29 heavy (non-hydrogen) atoms. The highest BCUT2D eigenvalue weighted by Crippen LogP contribution is 2.29. The van der Waals surface area contributed by atoms with Gasteiger partial charge in [-0.25, -0.2) is 17.7 Å². The van der Waals surface area contributed by atoms with Crippen molar-refractivity contribution < 1.29 is 13.2 Å². The van der Waals surface area contributed by atoms with Crippen LogP contribution in [0.1, 0.15) is 19.8 Å². The standard InChI is InChI=1S/C21H24N4O3S/c1-2-29(27,28)25-13-11-15(12-14-25)21(26)24-17-8-4-3-7-16(17)20-22-18-9-5-6-10-19(18)23-20/h3-10,15H,2,11-14H2,1H3,(H,22,23)(H,24,26). The predicted molar refractivity (Wildman–Crippen MR) is 114 cm³/mol. The van der Waals surface area contributed by atoms with Gasteiger partial charge in [-0.15, -0.1) is 0 Å². The van der Waals surface area contributed by atoms with Gasteiger partial charge in [0.05, 0.1) is 22.5 Å². The van der Waals surface area contributed by atoms with Crippen LogP contribution in [0.15, 0.2) is 48.5 Å². The molecule has 0 aliphatic carbocycles. The lowest BCUT2D eigenvalue weighted by Gasteiger charge is -2.30. The normalized spacial score (nSPS) is 16.2. The first-order valence-electron chi connectivity index (χ1n) is 9.81. The molecule has 1 amide bonds. The number of imidazole rings is 1. The number of H-pyrrole nitrogens is 1. The zero-order valence-electron chi connectivity index (χ0n) is 16.3. The van der Waals surface area contributed by atoms with Crippen molar-refractivity contribution in [1.29, 1.82) is 0 Å². The molecule has 1 aromatic heterocycles. The van der Waals surface area contributed by atoms with Crippen molar-refractivity contribution in [3.8, 4) is 11.4 Å². The number of aromatic amines is 1. The SMILES string of the molecule is CCS(=O)(=O)N1CCC(C(=O)Nc2ccccc2-c2nc3ccccc3[nH]2)CC1. The van der Waals surface area contributed by atoms with E-state index in [1.165, 1.54) is 4.31 Å². The quantitative estimate of drug-likeness (QED) is 0.673. The third-order valence-corrected chi connectivity index (χ3v) is 7.29. The number of carbonyl (C=O) groups excluding carboxylic acids is 1.